The molecule has 1 heterocycles. The third-order valence-corrected chi connectivity index (χ3v) is 4.21. The van der Waals surface area contributed by atoms with Crippen LogP contribution in [0.25, 0.3) is 0 Å². The van der Waals surface area contributed by atoms with Crippen LogP contribution in [0.4, 0.5) is 0 Å². The number of carbonyl (C=O) groups excluding carboxylic acids is 2. The first-order valence-electron chi connectivity index (χ1n) is 7.95. The monoisotopic (exact) mass is 287 g/mol. The number of rotatable bonds is 5. The molecule has 1 saturated heterocycles. The van der Waals surface area contributed by atoms with E-state index >= 15 is 0 Å². The van der Waals surface area contributed by atoms with Gasteiger partial charge in [0, 0.05) is 31.0 Å². The van der Waals surface area contributed by atoms with Crippen LogP contribution in [0.5, 0.6) is 0 Å². The Labute approximate surface area is 127 Å². The maximum absolute atomic E-state index is 12.4. The summed E-state index contributed by atoms with van der Waals surface area (Å²) in [5.74, 6) is 1.10. The van der Waals surface area contributed by atoms with E-state index in [2.05, 4.69) is 13.8 Å². The van der Waals surface area contributed by atoms with Gasteiger partial charge in [0.05, 0.1) is 0 Å². The number of likely N-dealkylation sites (tertiary alicyclic amines) is 1. The molecule has 1 aliphatic rings. The van der Waals surface area contributed by atoms with Gasteiger partial charge in [-0.05, 0) is 25.2 Å². The topological polar surface area (TPSA) is 37.4 Å². The van der Waals surface area contributed by atoms with Crippen LogP contribution >= 0.6 is 0 Å². The molecule has 0 unspecified atom stereocenters. The van der Waals surface area contributed by atoms with E-state index in [1.165, 1.54) is 0 Å². The largest absolute Gasteiger partial charge is 0.343 e. The quantitative estimate of drug-likeness (QED) is 0.777. The normalized spacial score (nSPS) is 16.2. The minimum atomic E-state index is 0.0709. The van der Waals surface area contributed by atoms with Gasteiger partial charge in [-0.2, -0.15) is 0 Å². The van der Waals surface area contributed by atoms with Gasteiger partial charge in [0.1, 0.15) is 0 Å². The second-order valence-corrected chi connectivity index (χ2v) is 6.32. The van der Waals surface area contributed by atoms with Gasteiger partial charge < -0.3 is 4.90 Å². The minimum Gasteiger partial charge on any atom is -0.343 e. The first kappa shape index (κ1) is 15.7. The fourth-order valence-corrected chi connectivity index (χ4v) is 2.80. The zero-order chi connectivity index (χ0) is 15.2. The second-order valence-electron chi connectivity index (χ2n) is 6.32. The molecule has 3 nitrogen and oxygen atoms in total. The molecule has 0 spiro atoms. The smallest absolute Gasteiger partial charge is 0.222 e. The first-order valence-corrected chi connectivity index (χ1v) is 7.95. The Morgan fingerprint density at radius 2 is 1.76 bits per heavy atom. The molecule has 0 saturated carbocycles. The van der Waals surface area contributed by atoms with Crippen molar-refractivity contribution in [3.63, 3.8) is 0 Å². The van der Waals surface area contributed by atoms with Gasteiger partial charge in [-0.25, -0.2) is 0 Å². The van der Waals surface area contributed by atoms with Gasteiger partial charge in [0.15, 0.2) is 5.78 Å². The number of amides is 1. The lowest BCUT2D eigenvalue weighted by atomic mass is 9.88. The number of nitrogens with zero attached hydrogens (tertiary/aromatic N) is 1. The van der Waals surface area contributed by atoms with E-state index in [0.717, 1.165) is 37.9 Å². The van der Waals surface area contributed by atoms with Crippen LogP contribution < -0.4 is 0 Å². The van der Waals surface area contributed by atoms with Gasteiger partial charge in [-0.15, -0.1) is 0 Å². The molecular weight excluding hydrogens is 262 g/mol. The van der Waals surface area contributed by atoms with Crippen molar-refractivity contribution in [3.8, 4) is 0 Å². The lowest BCUT2D eigenvalue weighted by Crippen LogP contribution is -2.40. The van der Waals surface area contributed by atoms with E-state index in [1.807, 2.05) is 35.2 Å². The maximum Gasteiger partial charge on any atom is 0.222 e. The fourth-order valence-electron chi connectivity index (χ4n) is 2.80. The first-order chi connectivity index (χ1) is 10.1. The number of hydrogen-bond acceptors (Lipinski definition) is 2. The molecule has 0 bridgehead atoms. The van der Waals surface area contributed by atoms with Crippen molar-refractivity contribution in [1.29, 1.82) is 0 Å². The molecule has 114 valence electrons. The molecule has 2 rings (SSSR count). The zero-order valence-electron chi connectivity index (χ0n) is 13.0. The van der Waals surface area contributed by atoms with E-state index in [1.54, 1.807) is 0 Å². The summed E-state index contributed by atoms with van der Waals surface area (Å²) in [6.07, 6.45) is 3.17. The summed E-state index contributed by atoms with van der Waals surface area (Å²) in [4.78, 5) is 26.4. The Kier molecular flexibility index (Phi) is 5.54. The molecule has 0 N–H and O–H groups in total. The van der Waals surface area contributed by atoms with E-state index in [-0.39, 0.29) is 17.6 Å². The highest BCUT2D eigenvalue weighted by molar-refractivity contribution is 5.98. The van der Waals surface area contributed by atoms with Crippen LogP contribution in [-0.2, 0) is 4.79 Å². The van der Waals surface area contributed by atoms with Crippen molar-refractivity contribution < 1.29 is 9.59 Å². The Balaban J connectivity index is 1.83. The number of ketones is 1. The van der Waals surface area contributed by atoms with Crippen LogP contribution in [-0.4, -0.2) is 29.7 Å². The van der Waals surface area contributed by atoms with E-state index in [4.69, 9.17) is 0 Å². The highest BCUT2D eigenvalue weighted by atomic mass is 16.2. The van der Waals surface area contributed by atoms with Crippen LogP contribution in [0.2, 0.25) is 0 Å². The maximum atomic E-state index is 12.4. The number of hydrogen-bond donors (Lipinski definition) is 0. The van der Waals surface area contributed by atoms with Crippen molar-refractivity contribution in [2.45, 2.75) is 39.5 Å². The van der Waals surface area contributed by atoms with Crippen molar-refractivity contribution >= 4 is 11.7 Å². The van der Waals surface area contributed by atoms with Crippen molar-refractivity contribution in [1.82, 2.24) is 4.90 Å². The van der Waals surface area contributed by atoms with E-state index in [9.17, 15) is 9.59 Å². The molecule has 0 aromatic heterocycles. The molecule has 1 aromatic carbocycles. The highest BCUT2D eigenvalue weighted by Crippen LogP contribution is 2.22. The number of carbonyl (C=O) groups is 2. The minimum absolute atomic E-state index is 0.0709. The van der Waals surface area contributed by atoms with Gasteiger partial charge in [-0.1, -0.05) is 44.2 Å². The molecule has 1 aliphatic heterocycles. The average Bonchev–Trinajstić information content (AvgIpc) is 2.53. The molecule has 21 heavy (non-hydrogen) atoms. The van der Waals surface area contributed by atoms with Gasteiger partial charge >= 0.3 is 0 Å². The molecule has 1 aromatic rings. The van der Waals surface area contributed by atoms with E-state index < -0.39 is 0 Å². The molecular formula is C18H25NO2. The summed E-state index contributed by atoms with van der Waals surface area (Å²) in [6, 6.07) is 9.48. The summed E-state index contributed by atoms with van der Waals surface area (Å²) in [6.45, 7) is 5.72. The van der Waals surface area contributed by atoms with Crippen LogP contribution in [0.1, 0.15) is 49.9 Å². The zero-order valence-corrected chi connectivity index (χ0v) is 13.0. The van der Waals surface area contributed by atoms with Gasteiger partial charge in [-0.3, -0.25) is 9.59 Å². The molecule has 1 fully saturated rings. The average molecular weight is 287 g/mol. The van der Waals surface area contributed by atoms with Crippen LogP contribution in [0, 0.1) is 11.8 Å². The summed E-state index contributed by atoms with van der Waals surface area (Å²) < 4.78 is 0. The SMILES string of the molecule is CC(C)CCC(=O)N1CCC(C(=O)c2ccccc2)CC1. The second kappa shape index (κ2) is 7.39. The van der Waals surface area contributed by atoms with Crippen LogP contribution in [0.3, 0.4) is 0 Å². The Bertz CT molecular complexity index is 473. The molecule has 0 radical (unpaired) electrons. The summed E-state index contributed by atoms with van der Waals surface area (Å²) in [7, 11) is 0. The Morgan fingerprint density at radius 3 is 2.33 bits per heavy atom. The number of piperidine rings is 1. The lowest BCUT2D eigenvalue weighted by Gasteiger charge is -2.31. The van der Waals surface area contributed by atoms with Crippen LogP contribution in [0.15, 0.2) is 30.3 Å². The van der Waals surface area contributed by atoms with Crippen molar-refractivity contribution in [2.24, 2.45) is 11.8 Å². The highest BCUT2D eigenvalue weighted by Gasteiger charge is 2.27. The third kappa shape index (κ3) is 4.42. The predicted molar refractivity (Wildman–Crippen MR) is 84.1 cm³/mol. The number of benzene rings is 1. The third-order valence-electron chi connectivity index (χ3n) is 4.21. The lowest BCUT2D eigenvalue weighted by molar-refractivity contribution is -0.132. The Morgan fingerprint density at radius 1 is 1.14 bits per heavy atom. The molecule has 1 amide bonds. The van der Waals surface area contributed by atoms with E-state index in [0.29, 0.717) is 12.3 Å². The Hall–Kier alpha value is -1.64. The summed E-state index contributed by atoms with van der Waals surface area (Å²) in [5.41, 5.74) is 0.794. The molecule has 0 aliphatic carbocycles. The summed E-state index contributed by atoms with van der Waals surface area (Å²) in [5, 5.41) is 0. The van der Waals surface area contributed by atoms with Crippen molar-refractivity contribution in [2.75, 3.05) is 13.1 Å². The standard InChI is InChI=1S/C18H25NO2/c1-14(2)8-9-17(20)19-12-10-16(11-13-19)18(21)15-6-4-3-5-7-15/h3-7,14,16H,8-13H2,1-2H3. The predicted octanol–water partition coefficient (Wildman–Crippen LogP) is 3.54. The van der Waals surface area contributed by atoms with Crippen molar-refractivity contribution in [3.05, 3.63) is 35.9 Å². The number of Topliss-reactive ketones (excluding diaryl/α,β-unsaturated/α-hetero) is 1. The molecule has 0 atom stereocenters. The van der Waals surface area contributed by atoms with Gasteiger partial charge in [0.2, 0.25) is 5.91 Å². The summed E-state index contributed by atoms with van der Waals surface area (Å²) >= 11 is 0. The fraction of sp³-hybridized carbons (Fsp3) is 0.556. The molecule has 3 heteroatoms. The van der Waals surface area contributed by atoms with Gasteiger partial charge in [0.25, 0.3) is 0 Å².